The number of anilines is 1. The van der Waals surface area contributed by atoms with Crippen molar-refractivity contribution in [1.82, 2.24) is 9.97 Å². The number of nitrogens with two attached hydrogens (primary N) is 1. The van der Waals surface area contributed by atoms with Gasteiger partial charge >= 0.3 is 0 Å². The van der Waals surface area contributed by atoms with Gasteiger partial charge < -0.3 is 11.1 Å². The lowest BCUT2D eigenvalue weighted by atomic mass is 10.0. The molecule has 0 saturated heterocycles. The average Bonchev–Trinajstić information content (AvgIpc) is 2.69. The van der Waals surface area contributed by atoms with E-state index < -0.39 is 0 Å². The van der Waals surface area contributed by atoms with Gasteiger partial charge in [-0.15, -0.1) is 0 Å². The van der Waals surface area contributed by atoms with Gasteiger partial charge in [0, 0.05) is 12.1 Å². The third-order valence-electron chi connectivity index (χ3n) is 4.22. The van der Waals surface area contributed by atoms with Gasteiger partial charge in [-0.05, 0) is 17.5 Å². The Bertz CT molecular complexity index is 785. The Kier molecular flexibility index (Phi) is 5.75. The van der Waals surface area contributed by atoms with Gasteiger partial charge in [-0.25, -0.2) is 4.98 Å². The van der Waals surface area contributed by atoms with Crippen LogP contribution in [0.4, 0.5) is 5.82 Å². The van der Waals surface area contributed by atoms with Crippen LogP contribution in [0.1, 0.15) is 36.9 Å². The number of hydrogen-bond donors (Lipinski definition) is 2. The second-order valence-electron chi connectivity index (χ2n) is 6.09. The van der Waals surface area contributed by atoms with Gasteiger partial charge in [0.25, 0.3) is 0 Å². The molecule has 0 aliphatic heterocycles. The highest BCUT2D eigenvalue weighted by molar-refractivity contribution is 5.60. The van der Waals surface area contributed by atoms with Crippen molar-refractivity contribution in [3.8, 4) is 11.3 Å². The molecule has 4 nitrogen and oxygen atoms in total. The first-order chi connectivity index (χ1) is 12.3. The summed E-state index contributed by atoms with van der Waals surface area (Å²) in [6.07, 6.45) is 5.71. The molecule has 3 aromatic rings. The fraction of sp³-hybridized carbons (Fsp3) is 0.238. The first kappa shape index (κ1) is 17.1. The summed E-state index contributed by atoms with van der Waals surface area (Å²) in [6.45, 7) is 2.74. The molecule has 0 spiro atoms. The minimum absolute atomic E-state index is 0.232. The maximum Gasteiger partial charge on any atom is 0.145 e. The number of nitrogens with zero attached hydrogens (tertiary/aromatic N) is 2. The third kappa shape index (κ3) is 4.43. The molecule has 0 fully saturated rings. The minimum atomic E-state index is 0.232. The summed E-state index contributed by atoms with van der Waals surface area (Å²) in [5.41, 5.74) is 9.94. The maximum absolute atomic E-state index is 5.66. The van der Waals surface area contributed by atoms with Crippen LogP contribution in [0.2, 0.25) is 0 Å². The zero-order valence-corrected chi connectivity index (χ0v) is 14.5. The predicted octanol–water partition coefficient (Wildman–Crippen LogP) is 4.56. The van der Waals surface area contributed by atoms with Gasteiger partial charge in [0.15, 0.2) is 0 Å². The van der Waals surface area contributed by atoms with E-state index in [1.54, 1.807) is 12.4 Å². The molecule has 4 heteroatoms. The topological polar surface area (TPSA) is 63.8 Å². The molecule has 2 aromatic carbocycles. The fourth-order valence-corrected chi connectivity index (χ4v) is 2.86. The summed E-state index contributed by atoms with van der Waals surface area (Å²) < 4.78 is 0. The molecule has 0 aliphatic carbocycles. The van der Waals surface area contributed by atoms with Crippen LogP contribution in [-0.4, -0.2) is 9.97 Å². The van der Waals surface area contributed by atoms with Crippen LogP contribution in [0, 0.1) is 0 Å². The molecule has 0 radical (unpaired) electrons. The molecular formula is C21H24N4. The highest BCUT2D eigenvalue weighted by Gasteiger charge is 2.11. The van der Waals surface area contributed by atoms with E-state index in [4.69, 9.17) is 10.7 Å². The Morgan fingerprint density at radius 1 is 1.00 bits per heavy atom. The number of nitrogens with one attached hydrogen (secondary N) is 1. The Morgan fingerprint density at radius 3 is 2.44 bits per heavy atom. The monoisotopic (exact) mass is 332 g/mol. The molecule has 0 amide bonds. The molecule has 1 aromatic heterocycles. The SMILES string of the molecule is CCCC(Nc1cncc(-c2ccc(CN)cc2)n1)c1ccccc1. The lowest BCUT2D eigenvalue weighted by Gasteiger charge is -2.19. The van der Waals surface area contributed by atoms with Crippen molar-refractivity contribution in [1.29, 1.82) is 0 Å². The standard InChI is InChI=1S/C21H24N4/c1-2-6-19(17-7-4-3-5-8-17)24-21-15-23-14-20(25-21)18-11-9-16(13-22)10-12-18/h3-5,7-12,14-15,19H,2,6,13,22H2,1H3,(H,24,25). The van der Waals surface area contributed by atoms with Crippen LogP contribution < -0.4 is 11.1 Å². The summed E-state index contributed by atoms with van der Waals surface area (Å²) >= 11 is 0. The van der Waals surface area contributed by atoms with Crippen LogP contribution >= 0.6 is 0 Å². The van der Waals surface area contributed by atoms with Crippen LogP contribution in [0.3, 0.4) is 0 Å². The smallest absolute Gasteiger partial charge is 0.145 e. The summed E-state index contributed by atoms with van der Waals surface area (Å²) in [5.74, 6) is 0.794. The van der Waals surface area contributed by atoms with Crippen LogP contribution in [-0.2, 0) is 6.54 Å². The summed E-state index contributed by atoms with van der Waals surface area (Å²) in [7, 11) is 0. The number of rotatable bonds is 7. The molecule has 25 heavy (non-hydrogen) atoms. The van der Waals surface area contributed by atoms with E-state index in [2.05, 4.69) is 41.5 Å². The van der Waals surface area contributed by atoms with Crippen molar-refractivity contribution < 1.29 is 0 Å². The predicted molar refractivity (Wildman–Crippen MR) is 103 cm³/mol. The number of aromatic nitrogens is 2. The fourth-order valence-electron chi connectivity index (χ4n) is 2.86. The van der Waals surface area contributed by atoms with Gasteiger partial charge in [0.1, 0.15) is 5.82 Å². The van der Waals surface area contributed by atoms with E-state index in [9.17, 15) is 0 Å². The van der Waals surface area contributed by atoms with Gasteiger partial charge in [-0.1, -0.05) is 67.9 Å². The third-order valence-corrected chi connectivity index (χ3v) is 4.22. The van der Waals surface area contributed by atoms with Crippen LogP contribution in [0.15, 0.2) is 67.0 Å². The van der Waals surface area contributed by atoms with E-state index in [1.165, 1.54) is 5.56 Å². The highest BCUT2D eigenvalue weighted by Crippen LogP contribution is 2.24. The van der Waals surface area contributed by atoms with Gasteiger partial charge in [0.05, 0.1) is 24.1 Å². The summed E-state index contributed by atoms with van der Waals surface area (Å²) in [6, 6.07) is 18.8. The second-order valence-corrected chi connectivity index (χ2v) is 6.09. The quantitative estimate of drug-likeness (QED) is 0.666. The van der Waals surface area contributed by atoms with Crippen LogP contribution in [0.25, 0.3) is 11.3 Å². The molecule has 3 N–H and O–H groups in total. The van der Waals surface area contributed by atoms with E-state index in [0.29, 0.717) is 6.54 Å². The summed E-state index contributed by atoms with van der Waals surface area (Å²) in [5, 5.41) is 3.54. The van der Waals surface area contributed by atoms with Gasteiger partial charge in [0.2, 0.25) is 0 Å². The molecule has 0 bridgehead atoms. The largest absolute Gasteiger partial charge is 0.362 e. The lowest BCUT2D eigenvalue weighted by molar-refractivity contribution is 0.674. The van der Waals surface area contributed by atoms with Crippen molar-refractivity contribution in [2.45, 2.75) is 32.4 Å². The van der Waals surface area contributed by atoms with E-state index >= 15 is 0 Å². The molecule has 3 rings (SSSR count). The number of benzene rings is 2. The molecule has 1 atom stereocenters. The Balaban J connectivity index is 1.82. The normalized spacial score (nSPS) is 11.9. The highest BCUT2D eigenvalue weighted by atomic mass is 15.0. The van der Waals surface area contributed by atoms with E-state index in [-0.39, 0.29) is 6.04 Å². The number of hydrogen-bond acceptors (Lipinski definition) is 4. The molecule has 0 saturated carbocycles. The Morgan fingerprint density at radius 2 is 1.76 bits per heavy atom. The molecule has 1 unspecified atom stereocenters. The Labute approximate surface area is 149 Å². The molecule has 0 aliphatic rings. The molecule has 1 heterocycles. The van der Waals surface area contributed by atoms with Crippen LogP contribution in [0.5, 0.6) is 0 Å². The minimum Gasteiger partial charge on any atom is -0.362 e. The van der Waals surface area contributed by atoms with Gasteiger partial charge in [-0.2, -0.15) is 0 Å². The van der Waals surface area contributed by atoms with E-state index in [1.807, 2.05) is 30.3 Å². The van der Waals surface area contributed by atoms with Crippen molar-refractivity contribution >= 4 is 5.82 Å². The lowest BCUT2D eigenvalue weighted by Crippen LogP contribution is -2.12. The van der Waals surface area contributed by atoms with Crippen molar-refractivity contribution in [3.63, 3.8) is 0 Å². The summed E-state index contributed by atoms with van der Waals surface area (Å²) in [4.78, 5) is 9.10. The maximum atomic E-state index is 5.66. The van der Waals surface area contributed by atoms with Crippen molar-refractivity contribution in [3.05, 3.63) is 78.1 Å². The first-order valence-electron chi connectivity index (χ1n) is 8.73. The van der Waals surface area contributed by atoms with E-state index in [0.717, 1.165) is 35.5 Å². The second kappa shape index (κ2) is 8.40. The Hall–Kier alpha value is -2.72. The van der Waals surface area contributed by atoms with Gasteiger partial charge in [-0.3, -0.25) is 4.98 Å². The molecule has 128 valence electrons. The average molecular weight is 332 g/mol. The van der Waals surface area contributed by atoms with Crippen molar-refractivity contribution in [2.75, 3.05) is 5.32 Å². The van der Waals surface area contributed by atoms with Crippen molar-refractivity contribution in [2.24, 2.45) is 5.73 Å². The zero-order chi connectivity index (χ0) is 17.5. The first-order valence-corrected chi connectivity index (χ1v) is 8.73. The zero-order valence-electron chi connectivity index (χ0n) is 14.5. The molecular weight excluding hydrogens is 308 g/mol.